The summed E-state index contributed by atoms with van der Waals surface area (Å²) in [5.74, 6) is 1.48. The van der Waals surface area contributed by atoms with Gasteiger partial charge in [-0.1, -0.05) is 36.0 Å². The van der Waals surface area contributed by atoms with Gasteiger partial charge >= 0.3 is 5.76 Å². The predicted molar refractivity (Wildman–Crippen MR) is 94.2 cm³/mol. The van der Waals surface area contributed by atoms with Crippen molar-refractivity contribution in [1.82, 2.24) is 15.1 Å². The summed E-state index contributed by atoms with van der Waals surface area (Å²) < 4.78 is 15.9. The first kappa shape index (κ1) is 16.9. The topological polar surface area (TPSA) is 94.2 Å². The Morgan fingerprint density at radius 3 is 2.85 bits per heavy atom. The Balaban J connectivity index is 1.41. The first-order valence-corrected chi connectivity index (χ1v) is 9.00. The minimum absolute atomic E-state index is 0.278. The summed E-state index contributed by atoms with van der Waals surface area (Å²) in [6, 6.07) is 5.12. The first-order valence-electron chi connectivity index (χ1n) is 8.62. The van der Waals surface area contributed by atoms with Crippen molar-refractivity contribution in [2.24, 2.45) is 0 Å². The van der Waals surface area contributed by atoms with Crippen LogP contribution in [0.4, 0.5) is 0 Å². The summed E-state index contributed by atoms with van der Waals surface area (Å²) in [5, 5.41) is 4.02. The van der Waals surface area contributed by atoms with E-state index < -0.39 is 5.76 Å². The number of aromatic nitrogens is 3. The zero-order valence-electron chi connectivity index (χ0n) is 14.0. The molecule has 26 heavy (non-hydrogen) atoms. The molecule has 0 atom stereocenters. The number of nitrogens with one attached hydrogen (secondary N) is 1. The van der Waals surface area contributed by atoms with Crippen LogP contribution in [0.5, 0.6) is 5.75 Å². The van der Waals surface area contributed by atoms with Gasteiger partial charge in [0.15, 0.2) is 11.7 Å². The lowest BCUT2D eigenvalue weighted by Gasteiger charge is -2.17. The van der Waals surface area contributed by atoms with Gasteiger partial charge in [-0.3, -0.25) is 9.51 Å². The van der Waals surface area contributed by atoms with E-state index in [-0.39, 0.29) is 5.82 Å². The smallest absolute Gasteiger partial charge is 0.439 e. The highest BCUT2D eigenvalue weighted by atomic mass is 35.5. The lowest BCUT2D eigenvalue weighted by Crippen LogP contribution is -2.05. The monoisotopic (exact) mass is 375 g/mol. The minimum atomic E-state index is -0.629. The highest BCUT2D eigenvalue weighted by molar-refractivity contribution is 6.33. The van der Waals surface area contributed by atoms with E-state index in [1.807, 2.05) is 0 Å². The van der Waals surface area contributed by atoms with E-state index in [4.69, 9.17) is 20.8 Å². The molecule has 7 nitrogen and oxygen atoms in total. The maximum atomic E-state index is 11.0. The lowest BCUT2D eigenvalue weighted by molar-refractivity contribution is 0.301. The van der Waals surface area contributed by atoms with Crippen molar-refractivity contribution in [1.29, 1.82) is 0 Å². The molecule has 0 aliphatic heterocycles. The third-order valence-corrected chi connectivity index (χ3v) is 4.86. The molecule has 2 heterocycles. The molecule has 0 radical (unpaired) electrons. The largest absolute Gasteiger partial charge is 0.487 e. The quantitative estimate of drug-likeness (QED) is 0.714. The van der Waals surface area contributed by atoms with Crippen molar-refractivity contribution in [3.05, 3.63) is 51.6 Å². The molecule has 2 aromatic heterocycles. The SMILES string of the molecule is O=c1[nH]c(-c2ccc(OCc3coc(C4CCCCC4)n3)cc2Cl)no1. The Bertz CT molecular complexity index is 940. The van der Waals surface area contributed by atoms with E-state index in [0.29, 0.717) is 28.9 Å². The number of benzene rings is 1. The van der Waals surface area contributed by atoms with Crippen LogP contribution in [-0.2, 0) is 6.61 Å². The van der Waals surface area contributed by atoms with Crippen LogP contribution in [-0.4, -0.2) is 15.1 Å². The van der Waals surface area contributed by atoms with Crippen molar-refractivity contribution < 1.29 is 13.7 Å². The molecule has 1 saturated carbocycles. The average Bonchev–Trinajstić information content (AvgIpc) is 3.30. The number of ether oxygens (including phenoxy) is 1. The highest BCUT2D eigenvalue weighted by Gasteiger charge is 2.20. The van der Waals surface area contributed by atoms with Crippen LogP contribution >= 0.6 is 11.6 Å². The van der Waals surface area contributed by atoms with Crippen LogP contribution in [0.1, 0.15) is 49.6 Å². The molecule has 0 spiro atoms. The number of hydrogen-bond donors (Lipinski definition) is 1. The number of halogens is 1. The highest BCUT2D eigenvalue weighted by Crippen LogP contribution is 2.32. The van der Waals surface area contributed by atoms with E-state index >= 15 is 0 Å². The Morgan fingerprint density at radius 2 is 2.12 bits per heavy atom. The fourth-order valence-corrected chi connectivity index (χ4v) is 3.47. The molecule has 1 aliphatic rings. The van der Waals surface area contributed by atoms with E-state index in [1.54, 1.807) is 24.5 Å². The molecular formula is C18H18ClN3O4. The number of nitrogens with zero attached hydrogens (tertiary/aromatic N) is 2. The normalized spacial score (nSPS) is 15.3. The number of aromatic amines is 1. The maximum Gasteiger partial charge on any atom is 0.439 e. The second-order valence-corrected chi connectivity index (χ2v) is 6.79. The van der Waals surface area contributed by atoms with Gasteiger partial charge in [0.2, 0.25) is 0 Å². The Hall–Kier alpha value is -2.54. The third kappa shape index (κ3) is 3.67. The van der Waals surface area contributed by atoms with Gasteiger partial charge in [0.05, 0.1) is 5.02 Å². The van der Waals surface area contributed by atoms with Gasteiger partial charge in [-0.15, -0.1) is 0 Å². The Labute approximate surface area is 154 Å². The van der Waals surface area contributed by atoms with Crippen LogP contribution in [0.2, 0.25) is 5.02 Å². The lowest BCUT2D eigenvalue weighted by atomic mass is 9.89. The molecule has 1 N–H and O–H groups in total. The predicted octanol–water partition coefficient (Wildman–Crippen LogP) is 4.30. The maximum absolute atomic E-state index is 11.0. The van der Waals surface area contributed by atoms with Crippen LogP contribution in [0, 0.1) is 0 Å². The fraction of sp³-hybridized carbons (Fsp3) is 0.389. The molecular weight excluding hydrogens is 358 g/mol. The molecule has 8 heteroatoms. The third-order valence-electron chi connectivity index (χ3n) is 4.55. The van der Waals surface area contributed by atoms with Crippen molar-refractivity contribution >= 4 is 11.6 Å². The van der Waals surface area contributed by atoms with Crippen LogP contribution in [0.25, 0.3) is 11.4 Å². The molecule has 1 aliphatic carbocycles. The fourth-order valence-electron chi connectivity index (χ4n) is 3.21. The Kier molecular flexibility index (Phi) is 4.79. The van der Waals surface area contributed by atoms with Crippen molar-refractivity contribution in [2.75, 3.05) is 0 Å². The summed E-state index contributed by atoms with van der Waals surface area (Å²) in [6.45, 7) is 0.298. The molecule has 0 bridgehead atoms. The van der Waals surface area contributed by atoms with Gasteiger partial charge in [-0.05, 0) is 31.0 Å². The van der Waals surface area contributed by atoms with Crippen LogP contribution in [0.3, 0.4) is 0 Å². The van der Waals surface area contributed by atoms with Crippen molar-refractivity contribution in [3.8, 4) is 17.1 Å². The summed E-state index contributed by atoms with van der Waals surface area (Å²) in [7, 11) is 0. The van der Waals surface area contributed by atoms with Gasteiger partial charge in [0.25, 0.3) is 0 Å². The van der Waals surface area contributed by atoms with Gasteiger partial charge in [-0.25, -0.2) is 9.78 Å². The van der Waals surface area contributed by atoms with Crippen LogP contribution < -0.4 is 10.5 Å². The molecule has 3 aromatic rings. The van der Waals surface area contributed by atoms with Crippen molar-refractivity contribution in [2.45, 2.75) is 44.6 Å². The first-order chi connectivity index (χ1) is 12.7. The average molecular weight is 376 g/mol. The number of H-pyrrole nitrogens is 1. The second-order valence-electron chi connectivity index (χ2n) is 6.39. The molecule has 0 saturated heterocycles. The molecule has 4 rings (SSSR count). The number of hydrogen-bond acceptors (Lipinski definition) is 6. The van der Waals surface area contributed by atoms with Crippen LogP contribution in [0.15, 0.2) is 38.2 Å². The summed E-state index contributed by atoms with van der Waals surface area (Å²) in [6.07, 6.45) is 7.71. The van der Waals surface area contributed by atoms with Crippen molar-refractivity contribution in [3.63, 3.8) is 0 Å². The molecule has 0 unspecified atom stereocenters. The van der Waals surface area contributed by atoms with Gasteiger partial charge in [-0.2, -0.15) is 0 Å². The number of oxazole rings is 1. The molecule has 136 valence electrons. The van der Waals surface area contributed by atoms with E-state index in [9.17, 15) is 4.79 Å². The summed E-state index contributed by atoms with van der Waals surface area (Å²) in [5.41, 5.74) is 1.32. The molecule has 1 fully saturated rings. The minimum Gasteiger partial charge on any atom is -0.487 e. The van der Waals surface area contributed by atoms with E-state index in [1.165, 1.54) is 19.3 Å². The zero-order valence-corrected chi connectivity index (χ0v) is 14.8. The van der Waals surface area contributed by atoms with Gasteiger partial charge < -0.3 is 9.15 Å². The summed E-state index contributed by atoms with van der Waals surface area (Å²) in [4.78, 5) is 18.1. The standard InChI is InChI=1S/C18H18ClN3O4/c19-15-8-13(6-7-14(15)16-21-18(23)26-22-16)24-9-12-10-25-17(20-12)11-4-2-1-3-5-11/h6-8,10-11H,1-5,9H2,(H,21,22,23). The second kappa shape index (κ2) is 7.37. The van der Waals surface area contributed by atoms with Gasteiger partial charge in [0.1, 0.15) is 24.3 Å². The van der Waals surface area contributed by atoms with E-state index in [0.717, 1.165) is 24.4 Å². The Morgan fingerprint density at radius 1 is 1.27 bits per heavy atom. The number of rotatable bonds is 5. The van der Waals surface area contributed by atoms with Gasteiger partial charge in [0, 0.05) is 11.5 Å². The zero-order chi connectivity index (χ0) is 17.9. The molecule has 0 amide bonds. The summed E-state index contributed by atoms with van der Waals surface area (Å²) >= 11 is 6.24. The molecule has 1 aromatic carbocycles. The van der Waals surface area contributed by atoms with E-state index in [2.05, 4.69) is 19.6 Å².